The molecule has 1 heterocycles. The molecule has 0 aliphatic rings. The van der Waals surface area contributed by atoms with Gasteiger partial charge in [-0.1, -0.05) is 19.1 Å². The Labute approximate surface area is 156 Å². The molecule has 7 heteroatoms. The van der Waals surface area contributed by atoms with Gasteiger partial charge in [-0.3, -0.25) is 10.2 Å². The molecular formula is C20H20N4O3. The summed E-state index contributed by atoms with van der Waals surface area (Å²) in [5, 5.41) is 28.2. The third-order valence-corrected chi connectivity index (χ3v) is 4.18. The molecule has 0 atom stereocenters. The Morgan fingerprint density at radius 1 is 1.11 bits per heavy atom. The molecule has 0 aliphatic carbocycles. The minimum atomic E-state index is -0.157. The molecule has 2 aromatic carbocycles. The molecule has 0 spiro atoms. The van der Waals surface area contributed by atoms with Crippen molar-refractivity contribution in [3.8, 4) is 22.8 Å². The van der Waals surface area contributed by atoms with E-state index < -0.39 is 0 Å². The number of hydrogen-bond acceptors (Lipinski definition) is 6. The lowest BCUT2D eigenvalue weighted by atomic mass is 10.1. The predicted molar refractivity (Wildman–Crippen MR) is 105 cm³/mol. The van der Waals surface area contributed by atoms with Crippen molar-refractivity contribution in [2.45, 2.75) is 13.3 Å². The summed E-state index contributed by atoms with van der Waals surface area (Å²) in [6.07, 6.45) is 2.02. The van der Waals surface area contributed by atoms with E-state index in [-0.39, 0.29) is 17.1 Å². The number of benzene rings is 2. The maximum Gasteiger partial charge on any atom is 0.266 e. The molecule has 1 aromatic heterocycles. The van der Waals surface area contributed by atoms with Gasteiger partial charge in [-0.2, -0.15) is 10.2 Å². The van der Waals surface area contributed by atoms with E-state index in [4.69, 9.17) is 0 Å². The SMILES string of the molecule is CCc1c(O)ccc(C=NNc2ccc(-c3ccc(=O)n(C)n3)cc2)c1O. The molecule has 0 bridgehead atoms. The summed E-state index contributed by atoms with van der Waals surface area (Å²) >= 11 is 0. The van der Waals surface area contributed by atoms with Crippen molar-refractivity contribution in [3.63, 3.8) is 0 Å². The molecule has 3 N–H and O–H groups in total. The Bertz CT molecular complexity index is 1040. The lowest BCUT2D eigenvalue weighted by Gasteiger charge is -2.07. The number of hydrazone groups is 1. The molecule has 0 radical (unpaired) electrons. The van der Waals surface area contributed by atoms with E-state index in [1.807, 2.05) is 31.2 Å². The predicted octanol–water partition coefficient (Wildman–Crippen LogP) is 2.87. The first-order valence-corrected chi connectivity index (χ1v) is 8.47. The fourth-order valence-electron chi connectivity index (χ4n) is 2.64. The van der Waals surface area contributed by atoms with Gasteiger partial charge in [0, 0.05) is 29.8 Å². The normalized spacial score (nSPS) is 11.0. The van der Waals surface area contributed by atoms with Crippen LogP contribution < -0.4 is 11.0 Å². The van der Waals surface area contributed by atoms with Gasteiger partial charge < -0.3 is 10.2 Å². The summed E-state index contributed by atoms with van der Waals surface area (Å²) in [5.41, 5.74) is 6.08. The van der Waals surface area contributed by atoms with Crippen LogP contribution in [0.5, 0.6) is 11.5 Å². The van der Waals surface area contributed by atoms with Crippen molar-refractivity contribution in [1.82, 2.24) is 9.78 Å². The molecule has 27 heavy (non-hydrogen) atoms. The zero-order valence-electron chi connectivity index (χ0n) is 15.0. The summed E-state index contributed by atoms with van der Waals surface area (Å²) in [5.74, 6) is 0.0990. The second-order valence-electron chi connectivity index (χ2n) is 5.98. The molecule has 0 saturated heterocycles. The summed E-state index contributed by atoms with van der Waals surface area (Å²) in [7, 11) is 1.61. The second-order valence-corrected chi connectivity index (χ2v) is 5.98. The number of nitrogens with zero attached hydrogens (tertiary/aromatic N) is 3. The van der Waals surface area contributed by atoms with Crippen LogP contribution in [0.4, 0.5) is 5.69 Å². The summed E-state index contributed by atoms with van der Waals surface area (Å²) in [6.45, 7) is 1.86. The van der Waals surface area contributed by atoms with E-state index in [1.54, 1.807) is 19.2 Å². The van der Waals surface area contributed by atoms with Gasteiger partial charge in [0.05, 0.1) is 17.6 Å². The van der Waals surface area contributed by atoms with Gasteiger partial charge in [0.15, 0.2) is 0 Å². The molecule has 0 fully saturated rings. The van der Waals surface area contributed by atoms with Crippen LogP contribution in [-0.4, -0.2) is 26.2 Å². The van der Waals surface area contributed by atoms with Crippen LogP contribution >= 0.6 is 0 Å². The summed E-state index contributed by atoms with van der Waals surface area (Å²) in [6, 6.07) is 13.7. The van der Waals surface area contributed by atoms with Crippen molar-refractivity contribution >= 4 is 11.9 Å². The first kappa shape index (κ1) is 18.2. The van der Waals surface area contributed by atoms with Crippen molar-refractivity contribution in [2.24, 2.45) is 12.1 Å². The fraction of sp³-hybridized carbons (Fsp3) is 0.150. The Balaban J connectivity index is 1.73. The lowest BCUT2D eigenvalue weighted by molar-refractivity contribution is 0.439. The highest BCUT2D eigenvalue weighted by molar-refractivity contribution is 5.85. The minimum Gasteiger partial charge on any atom is -0.508 e. The number of hydrogen-bond donors (Lipinski definition) is 3. The smallest absolute Gasteiger partial charge is 0.266 e. The molecule has 0 aliphatic heterocycles. The maximum atomic E-state index is 11.4. The second kappa shape index (κ2) is 7.74. The Morgan fingerprint density at radius 2 is 1.85 bits per heavy atom. The first-order chi connectivity index (χ1) is 13.0. The summed E-state index contributed by atoms with van der Waals surface area (Å²) < 4.78 is 1.29. The molecule has 7 nitrogen and oxygen atoms in total. The first-order valence-electron chi connectivity index (χ1n) is 8.47. The standard InChI is InChI=1S/C20H20N4O3/c1-3-16-18(25)10-6-14(20(16)27)12-21-22-15-7-4-13(5-8-15)17-9-11-19(26)24(2)23-17/h4-12,22,25,27H,3H2,1-2H3. The zero-order valence-corrected chi connectivity index (χ0v) is 15.0. The van der Waals surface area contributed by atoms with Crippen molar-refractivity contribution in [2.75, 3.05) is 5.43 Å². The average molecular weight is 364 g/mol. The van der Waals surface area contributed by atoms with E-state index in [0.29, 0.717) is 23.2 Å². The number of rotatable bonds is 5. The van der Waals surface area contributed by atoms with Gasteiger partial charge in [-0.15, -0.1) is 0 Å². The lowest BCUT2D eigenvalue weighted by Crippen LogP contribution is -2.18. The molecule has 3 rings (SSSR count). The van der Waals surface area contributed by atoms with Crippen LogP contribution in [0, 0.1) is 0 Å². The summed E-state index contributed by atoms with van der Waals surface area (Å²) in [4.78, 5) is 11.4. The number of phenolic OH excluding ortho intramolecular Hbond substituents is 2. The molecule has 0 saturated carbocycles. The monoisotopic (exact) mass is 364 g/mol. The van der Waals surface area contributed by atoms with E-state index in [2.05, 4.69) is 15.6 Å². The van der Waals surface area contributed by atoms with Crippen molar-refractivity contribution < 1.29 is 10.2 Å². The highest BCUT2D eigenvalue weighted by atomic mass is 16.3. The van der Waals surface area contributed by atoms with Gasteiger partial charge in [-0.05, 0) is 36.8 Å². The molecule has 0 unspecified atom stereocenters. The van der Waals surface area contributed by atoms with E-state index >= 15 is 0 Å². The van der Waals surface area contributed by atoms with Crippen LogP contribution in [-0.2, 0) is 13.5 Å². The highest BCUT2D eigenvalue weighted by Gasteiger charge is 2.09. The maximum absolute atomic E-state index is 11.4. The van der Waals surface area contributed by atoms with Gasteiger partial charge in [0.25, 0.3) is 5.56 Å². The third kappa shape index (κ3) is 3.98. The van der Waals surface area contributed by atoms with Crippen LogP contribution in [0.1, 0.15) is 18.1 Å². The molecule has 0 amide bonds. The molecule has 138 valence electrons. The number of nitrogens with one attached hydrogen (secondary N) is 1. The van der Waals surface area contributed by atoms with Crippen molar-refractivity contribution in [1.29, 1.82) is 0 Å². The largest absolute Gasteiger partial charge is 0.508 e. The van der Waals surface area contributed by atoms with Gasteiger partial charge in [0.2, 0.25) is 0 Å². The van der Waals surface area contributed by atoms with Crippen molar-refractivity contribution in [3.05, 3.63) is 70.0 Å². The fourth-order valence-corrected chi connectivity index (χ4v) is 2.64. The van der Waals surface area contributed by atoms with Crippen LogP contribution in [0.25, 0.3) is 11.3 Å². The van der Waals surface area contributed by atoms with E-state index in [0.717, 1.165) is 11.3 Å². The zero-order chi connectivity index (χ0) is 19.4. The molecule has 3 aromatic rings. The van der Waals surface area contributed by atoms with Crippen LogP contribution in [0.15, 0.2) is 58.4 Å². The minimum absolute atomic E-state index is 0.0270. The van der Waals surface area contributed by atoms with E-state index in [1.165, 1.54) is 23.0 Å². The number of anilines is 1. The highest BCUT2D eigenvalue weighted by Crippen LogP contribution is 2.30. The average Bonchev–Trinajstić information content (AvgIpc) is 2.67. The van der Waals surface area contributed by atoms with E-state index in [9.17, 15) is 15.0 Å². The van der Waals surface area contributed by atoms with Gasteiger partial charge in [0.1, 0.15) is 11.5 Å². The Hall–Kier alpha value is -3.61. The number of aromatic nitrogens is 2. The number of aryl methyl sites for hydroxylation is 1. The number of aromatic hydroxyl groups is 2. The quantitative estimate of drug-likeness (QED) is 0.477. The van der Waals surface area contributed by atoms with Gasteiger partial charge in [-0.25, -0.2) is 4.68 Å². The Kier molecular flexibility index (Phi) is 5.21. The topological polar surface area (TPSA) is 99.7 Å². The number of phenols is 2. The Morgan fingerprint density at radius 3 is 2.52 bits per heavy atom. The van der Waals surface area contributed by atoms with Crippen LogP contribution in [0.3, 0.4) is 0 Å². The third-order valence-electron chi connectivity index (χ3n) is 4.18. The molecular weight excluding hydrogens is 344 g/mol. The van der Waals surface area contributed by atoms with Gasteiger partial charge >= 0.3 is 0 Å². The van der Waals surface area contributed by atoms with Crippen LogP contribution in [0.2, 0.25) is 0 Å².